The van der Waals surface area contributed by atoms with Gasteiger partial charge in [0.05, 0.1) is 24.2 Å². The molecule has 0 N–H and O–H groups in total. The summed E-state index contributed by atoms with van der Waals surface area (Å²) in [6, 6.07) is 2.24. The van der Waals surface area contributed by atoms with Crippen molar-refractivity contribution in [3.63, 3.8) is 0 Å². The van der Waals surface area contributed by atoms with E-state index in [1.807, 2.05) is 0 Å². The van der Waals surface area contributed by atoms with Gasteiger partial charge >= 0.3 is 0 Å². The van der Waals surface area contributed by atoms with Crippen molar-refractivity contribution in [2.45, 2.75) is 18.9 Å². The Balaban J connectivity index is 2.29. The van der Waals surface area contributed by atoms with E-state index in [1.54, 1.807) is 11.9 Å². The molecule has 2 rings (SSSR count). The van der Waals surface area contributed by atoms with Crippen molar-refractivity contribution < 1.29 is 18.8 Å². The van der Waals surface area contributed by atoms with Gasteiger partial charge in [-0.2, -0.15) is 0 Å². The van der Waals surface area contributed by atoms with Crippen LogP contribution in [0.2, 0.25) is 0 Å². The van der Waals surface area contributed by atoms with Crippen LogP contribution in [0.15, 0.2) is 12.1 Å². The summed E-state index contributed by atoms with van der Waals surface area (Å²) in [5.41, 5.74) is 0.0487. The van der Waals surface area contributed by atoms with Crippen LogP contribution in [0.1, 0.15) is 12.8 Å². The zero-order chi connectivity index (χ0) is 14.7. The molecule has 1 aromatic rings. The number of benzene rings is 1. The number of hydrogen-bond acceptors (Lipinski definition) is 5. The number of methoxy groups -OCH3 is 1. The van der Waals surface area contributed by atoms with Crippen molar-refractivity contribution in [3.05, 3.63) is 28.1 Å². The van der Waals surface area contributed by atoms with Crippen molar-refractivity contribution in [2.24, 2.45) is 0 Å². The van der Waals surface area contributed by atoms with Crippen molar-refractivity contribution in [3.8, 4) is 5.75 Å². The van der Waals surface area contributed by atoms with Crippen LogP contribution in [0.4, 0.5) is 15.8 Å². The molecule has 0 amide bonds. The lowest BCUT2D eigenvalue weighted by Gasteiger charge is -2.23. The van der Waals surface area contributed by atoms with Gasteiger partial charge < -0.3 is 14.4 Å². The van der Waals surface area contributed by atoms with Crippen molar-refractivity contribution >= 4 is 11.4 Å². The van der Waals surface area contributed by atoms with E-state index in [9.17, 15) is 14.5 Å². The molecule has 1 aliphatic heterocycles. The van der Waals surface area contributed by atoms with Gasteiger partial charge in [-0.3, -0.25) is 10.1 Å². The second-order valence-corrected chi connectivity index (χ2v) is 4.75. The maximum Gasteiger partial charge on any atom is 0.295 e. The summed E-state index contributed by atoms with van der Waals surface area (Å²) in [4.78, 5) is 12.2. The van der Waals surface area contributed by atoms with E-state index in [0.29, 0.717) is 18.8 Å². The summed E-state index contributed by atoms with van der Waals surface area (Å²) in [5.74, 6) is -0.752. The molecule has 20 heavy (non-hydrogen) atoms. The molecular weight excluding hydrogens is 267 g/mol. The summed E-state index contributed by atoms with van der Waals surface area (Å²) in [5, 5.41) is 11.1. The van der Waals surface area contributed by atoms with Crippen LogP contribution in [0, 0.1) is 15.9 Å². The zero-order valence-electron chi connectivity index (χ0n) is 11.5. The lowest BCUT2D eigenvalue weighted by molar-refractivity contribution is -0.384. The molecule has 0 spiro atoms. The third kappa shape index (κ3) is 2.98. The van der Waals surface area contributed by atoms with E-state index >= 15 is 0 Å². The van der Waals surface area contributed by atoms with E-state index in [4.69, 9.17) is 9.47 Å². The molecule has 0 aliphatic carbocycles. The fourth-order valence-electron chi connectivity index (χ4n) is 2.33. The van der Waals surface area contributed by atoms with Gasteiger partial charge in [0.2, 0.25) is 0 Å². The summed E-state index contributed by atoms with van der Waals surface area (Å²) in [6.45, 7) is 1.24. The monoisotopic (exact) mass is 284 g/mol. The Morgan fingerprint density at radius 2 is 2.35 bits per heavy atom. The maximum absolute atomic E-state index is 13.6. The summed E-state index contributed by atoms with van der Waals surface area (Å²) in [6.07, 6.45) is 1.97. The van der Waals surface area contributed by atoms with Crippen molar-refractivity contribution in [1.29, 1.82) is 0 Å². The minimum absolute atomic E-state index is 0.00945. The molecule has 7 heteroatoms. The standard InChI is InChI=1S/C13H17FN2O4/c1-15(8-9-4-3-5-20-9)11-7-13(19-2)10(14)6-12(11)16(17)18/h6-7,9H,3-5,8H2,1-2H3. The van der Waals surface area contributed by atoms with Crippen molar-refractivity contribution in [2.75, 3.05) is 32.2 Å². The van der Waals surface area contributed by atoms with Gasteiger partial charge in [0, 0.05) is 26.3 Å². The number of nitro benzene ring substituents is 1. The lowest BCUT2D eigenvalue weighted by atomic mass is 10.2. The molecule has 1 unspecified atom stereocenters. The van der Waals surface area contributed by atoms with Gasteiger partial charge in [-0.05, 0) is 12.8 Å². The highest BCUT2D eigenvalue weighted by molar-refractivity contribution is 5.66. The molecule has 1 saturated heterocycles. The maximum atomic E-state index is 13.6. The van der Waals surface area contributed by atoms with Crippen LogP contribution in [-0.4, -0.2) is 38.3 Å². The van der Waals surface area contributed by atoms with Crippen LogP contribution >= 0.6 is 0 Å². The highest BCUT2D eigenvalue weighted by atomic mass is 19.1. The lowest BCUT2D eigenvalue weighted by Crippen LogP contribution is -2.29. The summed E-state index contributed by atoms with van der Waals surface area (Å²) < 4.78 is 24.0. The molecular formula is C13H17FN2O4. The normalized spacial score (nSPS) is 18.1. The van der Waals surface area contributed by atoms with Crippen LogP contribution in [0.5, 0.6) is 5.75 Å². The number of anilines is 1. The Morgan fingerprint density at radius 3 is 2.90 bits per heavy atom. The van der Waals surface area contributed by atoms with Gasteiger partial charge in [0.1, 0.15) is 5.69 Å². The molecule has 1 heterocycles. The molecule has 0 bridgehead atoms. The third-order valence-corrected chi connectivity index (χ3v) is 3.36. The second-order valence-electron chi connectivity index (χ2n) is 4.75. The summed E-state index contributed by atoms with van der Waals surface area (Å²) >= 11 is 0. The first-order valence-corrected chi connectivity index (χ1v) is 6.37. The molecule has 0 radical (unpaired) electrons. The second kappa shape index (κ2) is 6.04. The Labute approximate surface area is 116 Å². The smallest absolute Gasteiger partial charge is 0.295 e. The van der Waals surface area contributed by atoms with Crippen LogP contribution in [0.3, 0.4) is 0 Å². The largest absolute Gasteiger partial charge is 0.494 e. The quantitative estimate of drug-likeness (QED) is 0.613. The van der Waals surface area contributed by atoms with Crippen LogP contribution < -0.4 is 9.64 Å². The Bertz CT molecular complexity index is 503. The summed E-state index contributed by atoms with van der Waals surface area (Å²) in [7, 11) is 3.05. The number of ether oxygens (including phenoxy) is 2. The topological polar surface area (TPSA) is 64.8 Å². The number of likely N-dealkylation sites (N-methyl/N-ethyl adjacent to an activating group) is 1. The first kappa shape index (κ1) is 14.5. The fraction of sp³-hybridized carbons (Fsp3) is 0.538. The average molecular weight is 284 g/mol. The molecule has 0 aromatic heterocycles. The van der Waals surface area contributed by atoms with Crippen LogP contribution in [0.25, 0.3) is 0 Å². The Kier molecular flexibility index (Phi) is 4.39. The molecule has 1 fully saturated rings. The average Bonchev–Trinajstić information content (AvgIpc) is 2.90. The number of nitro groups is 1. The minimum Gasteiger partial charge on any atom is -0.494 e. The molecule has 0 saturated carbocycles. The van der Waals surface area contributed by atoms with Gasteiger partial charge in [-0.15, -0.1) is 0 Å². The molecule has 1 atom stereocenters. The molecule has 6 nitrogen and oxygen atoms in total. The molecule has 110 valence electrons. The number of nitrogens with zero attached hydrogens (tertiary/aromatic N) is 2. The number of halogens is 1. The number of hydrogen-bond donors (Lipinski definition) is 0. The van der Waals surface area contributed by atoms with E-state index in [-0.39, 0.29) is 17.5 Å². The molecule has 1 aliphatic rings. The van der Waals surface area contributed by atoms with E-state index in [2.05, 4.69) is 0 Å². The van der Waals surface area contributed by atoms with Gasteiger partial charge in [-0.25, -0.2) is 4.39 Å². The Morgan fingerprint density at radius 1 is 1.60 bits per heavy atom. The minimum atomic E-state index is -0.742. The van der Waals surface area contributed by atoms with E-state index < -0.39 is 10.7 Å². The number of rotatable bonds is 5. The first-order valence-electron chi connectivity index (χ1n) is 6.37. The highest BCUT2D eigenvalue weighted by Gasteiger charge is 2.24. The van der Waals surface area contributed by atoms with Gasteiger partial charge in [-0.1, -0.05) is 0 Å². The zero-order valence-corrected chi connectivity index (χ0v) is 11.5. The van der Waals surface area contributed by atoms with E-state index in [1.165, 1.54) is 13.2 Å². The first-order chi connectivity index (χ1) is 9.52. The van der Waals surface area contributed by atoms with Crippen LogP contribution in [-0.2, 0) is 4.74 Å². The Hall–Kier alpha value is -1.89. The predicted molar refractivity (Wildman–Crippen MR) is 71.9 cm³/mol. The van der Waals surface area contributed by atoms with Gasteiger partial charge in [0.15, 0.2) is 11.6 Å². The molecule has 1 aromatic carbocycles. The van der Waals surface area contributed by atoms with Gasteiger partial charge in [0.25, 0.3) is 5.69 Å². The highest BCUT2D eigenvalue weighted by Crippen LogP contribution is 2.34. The van der Waals surface area contributed by atoms with Crippen molar-refractivity contribution in [1.82, 2.24) is 0 Å². The third-order valence-electron chi connectivity index (χ3n) is 3.36. The fourth-order valence-corrected chi connectivity index (χ4v) is 2.33. The SMILES string of the molecule is COc1cc(N(C)CC2CCCO2)c([N+](=O)[O-])cc1F. The predicted octanol–water partition coefficient (Wildman–Crippen LogP) is 2.36. The van der Waals surface area contributed by atoms with E-state index in [0.717, 1.165) is 18.9 Å².